The number of nitrogens with one attached hydrogen (secondary N) is 2. The van der Waals surface area contributed by atoms with Crippen LogP contribution in [-0.4, -0.2) is 33.7 Å². The molecule has 3 heterocycles. The van der Waals surface area contributed by atoms with Crippen LogP contribution in [0, 0.1) is 5.82 Å². The van der Waals surface area contributed by atoms with Gasteiger partial charge in [0, 0.05) is 11.6 Å². The lowest BCUT2D eigenvalue weighted by molar-refractivity contribution is 0.0934. The Labute approximate surface area is 181 Å². The zero-order valence-corrected chi connectivity index (χ0v) is 17.1. The SMILES string of the molecule is CC(NC(=O)c1cc2c(=O)[nH]c(-c3ccc4c(c3)OCCO4)cn2n1)c1ccc(F)cc1. The third-order valence-corrected chi connectivity index (χ3v) is 5.27. The van der Waals surface area contributed by atoms with Crippen LogP contribution < -0.4 is 20.3 Å². The Morgan fingerprint density at radius 2 is 1.88 bits per heavy atom. The predicted octanol–water partition coefficient (Wildman–Crippen LogP) is 3.09. The smallest absolute Gasteiger partial charge is 0.274 e. The summed E-state index contributed by atoms with van der Waals surface area (Å²) < 4.78 is 25.6. The Hall–Kier alpha value is -4.14. The molecule has 2 aromatic carbocycles. The molecule has 0 aliphatic carbocycles. The lowest BCUT2D eigenvalue weighted by atomic mass is 10.1. The maximum Gasteiger partial charge on any atom is 0.274 e. The highest BCUT2D eigenvalue weighted by Gasteiger charge is 2.18. The molecule has 32 heavy (non-hydrogen) atoms. The summed E-state index contributed by atoms with van der Waals surface area (Å²) in [4.78, 5) is 28.1. The van der Waals surface area contributed by atoms with E-state index in [1.54, 1.807) is 37.4 Å². The van der Waals surface area contributed by atoms with Gasteiger partial charge in [0.15, 0.2) is 17.2 Å². The molecule has 1 amide bonds. The van der Waals surface area contributed by atoms with Gasteiger partial charge in [-0.05, 0) is 42.8 Å². The van der Waals surface area contributed by atoms with Gasteiger partial charge in [-0.25, -0.2) is 8.91 Å². The van der Waals surface area contributed by atoms with Crippen molar-refractivity contribution >= 4 is 11.4 Å². The van der Waals surface area contributed by atoms with Gasteiger partial charge in [0.05, 0.1) is 17.9 Å². The van der Waals surface area contributed by atoms with Crippen LogP contribution in [0.25, 0.3) is 16.8 Å². The van der Waals surface area contributed by atoms with Crippen LogP contribution in [0.3, 0.4) is 0 Å². The second kappa shape index (κ2) is 7.84. The number of ether oxygens (including phenoxy) is 2. The molecule has 0 bridgehead atoms. The first kappa shape index (κ1) is 19.8. The number of hydrogen-bond donors (Lipinski definition) is 2. The molecular formula is C23H19FN4O4. The van der Waals surface area contributed by atoms with Gasteiger partial charge in [-0.2, -0.15) is 5.10 Å². The first-order valence-electron chi connectivity index (χ1n) is 10.1. The van der Waals surface area contributed by atoms with Crippen molar-refractivity contribution in [2.45, 2.75) is 13.0 Å². The van der Waals surface area contributed by atoms with Crippen LogP contribution in [-0.2, 0) is 0 Å². The summed E-state index contributed by atoms with van der Waals surface area (Å²) in [5.41, 5.74) is 1.96. The first-order valence-corrected chi connectivity index (χ1v) is 10.1. The molecule has 5 rings (SSSR count). The lowest BCUT2D eigenvalue weighted by Gasteiger charge is -2.18. The maximum atomic E-state index is 13.1. The van der Waals surface area contributed by atoms with E-state index in [1.165, 1.54) is 22.7 Å². The Balaban J connectivity index is 1.43. The molecule has 0 saturated carbocycles. The summed E-state index contributed by atoms with van der Waals surface area (Å²) in [6.07, 6.45) is 1.64. The Kier molecular flexibility index (Phi) is 4.85. The third kappa shape index (κ3) is 3.68. The summed E-state index contributed by atoms with van der Waals surface area (Å²) >= 11 is 0. The summed E-state index contributed by atoms with van der Waals surface area (Å²) in [6.45, 7) is 2.74. The van der Waals surface area contributed by atoms with Crippen LogP contribution in [0.2, 0.25) is 0 Å². The average Bonchev–Trinajstić information content (AvgIpc) is 3.24. The van der Waals surface area contributed by atoms with Crippen LogP contribution in [0.5, 0.6) is 11.5 Å². The highest BCUT2D eigenvalue weighted by Crippen LogP contribution is 2.33. The van der Waals surface area contributed by atoms with E-state index < -0.39 is 5.91 Å². The largest absolute Gasteiger partial charge is 0.486 e. The minimum absolute atomic E-state index is 0.101. The highest BCUT2D eigenvalue weighted by atomic mass is 19.1. The molecule has 0 radical (unpaired) electrons. The summed E-state index contributed by atoms with van der Waals surface area (Å²) in [6, 6.07) is 12.3. The molecule has 162 valence electrons. The van der Waals surface area contributed by atoms with E-state index in [9.17, 15) is 14.0 Å². The predicted molar refractivity (Wildman–Crippen MR) is 115 cm³/mol. The Morgan fingerprint density at radius 1 is 1.12 bits per heavy atom. The summed E-state index contributed by atoms with van der Waals surface area (Å²) in [5.74, 6) is 0.466. The normalized spacial score (nSPS) is 13.7. The molecule has 1 unspecified atom stereocenters. The fourth-order valence-electron chi connectivity index (χ4n) is 3.58. The maximum absolute atomic E-state index is 13.1. The van der Waals surface area contributed by atoms with Crippen molar-refractivity contribution in [3.05, 3.63) is 82.2 Å². The van der Waals surface area contributed by atoms with E-state index in [2.05, 4.69) is 15.4 Å². The third-order valence-electron chi connectivity index (χ3n) is 5.27. The van der Waals surface area contributed by atoms with Crippen LogP contribution >= 0.6 is 0 Å². The second-order valence-electron chi connectivity index (χ2n) is 7.46. The van der Waals surface area contributed by atoms with Crippen LogP contribution in [0.15, 0.2) is 59.5 Å². The molecule has 0 saturated heterocycles. The second-order valence-corrected chi connectivity index (χ2v) is 7.46. The number of hydrogen-bond acceptors (Lipinski definition) is 5. The van der Waals surface area contributed by atoms with Gasteiger partial charge >= 0.3 is 0 Å². The number of nitrogens with zero attached hydrogens (tertiary/aromatic N) is 2. The van der Waals surface area contributed by atoms with Crippen molar-refractivity contribution in [1.29, 1.82) is 0 Å². The fourth-order valence-corrected chi connectivity index (χ4v) is 3.58. The minimum atomic E-state index is -0.439. The molecule has 9 heteroatoms. The van der Waals surface area contributed by atoms with Crippen LogP contribution in [0.1, 0.15) is 29.0 Å². The summed E-state index contributed by atoms with van der Waals surface area (Å²) in [5, 5.41) is 7.09. The number of amides is 1. The zero-order chi connectivity index (χ0) is 22.2. The number of H-pyrrole nitrogens is 1. The molecule has 0 fully saturated rings. The number of aromatic nitrogens is 3. The van der Waals surface area contributed by atoms with Gasteiger partial charge in [-0.15, -0.1) is 0 Å². The van der Waals surface area contributed by atoms with Crippen LogP contribution in [0.4, 0.5) is 4.39 Å². The molecule has 1 aliphatic rings. The summed E-state index contributed by atoms with van der Waals surface area (Å²) in [7, 11) is 0. The van der Waals surface area contributed by atoms with Crippen molar-refractivity contribution in [2.24, 2.45) is 0 Å². The van der Waals surface area contributed by atoms with Crippen molar-refractivity contribution in [1.82, 2.24) is 19.9 Å². The average molecular weight is 434 g/mol. The van der Waals surface area contributed by atoms with Gasteiger partial charge in [0.25, 0.3) is 11.5 Å². The van der Waals surface area contributed by atoms with Gasteiger partial charge in [-0.1, -0.05) is 12.1 Å². The molecule has 4 aromatic rings. The number of carbonyl (C=O) groups excluding carboxylic acids is 1. The van der Waals surface area contributed by atoms with Gasteiger partial charge in [-0.3, -0.25) is 9.59 Å². The number of carbonyl (C=O) groups is 1. The van der Waals surface area contributed by atoms with Gasteiger partial charge < -0.3 is 19.8 Å². The molecule has 1 atom stereocenters. The highest BCUT2D eigenvalue weighted by molar-refractivity contribution is 5.93. The monoisotopic (exact) mass is 434 g/mol. The topological polar surface area (TPSA) is 97.7 Å². The quantitative estimate of drug-likeness (QED) is 0.515. The number of fused-ring (bicyclic) bond motifs is 2. The van der Waals surface area contributed by atoms with Crippen molar-refractivity contribution in [3.8, 4) is 22.8 Å². The molecule has 1 aliphatic heterocycles. The lowest BCUT2D eigenvalue weighted by Crippen LogP contribution is -2.27. The number of benzene rings is 2. The van der Waals surface area contributed by atoms with E-state index in [0.717, 1.165) is 11.1 Å². The van der Waals surface area contributed by atoms with E-state index in [4.69, 9.17) is 9.47 Å². The zero-order valence-electron chi connectivity index (χ0n) is 17.1. The number of aromatic amines is 1. The fraction of sp³-hybridized carbons (Fsp3) is 0.174. The minimum Gasteiger partial charge on any atom is -0.486 e. The van der Waals surface area contributed by atoms with Gasteiger partial charge in [0.1, 0.15) is 24.5 Å². The standard InChI is InChI=1S/C23H19FN4O4/c1-13(14-2-5-16(24)6-3-14)25-22(29)17-11-19-23(30)26-18(12-28(19)27-17)15-4-7-20-21(10-15)32-9-8-31-20/h2-7,10-13H,8-9H2,1H3,(H,25,29)(H,26,30). The molecule has 0 spiro atoms. The van der Waals surface area contributed by atoms with E-state index >= 15 is 0 Å². The van der Waals surface area contributed by atoms with Crippen molar-refractivity contribution in [2.75, 3.05) is 13.2 Å². The Morgan fingerprint density at radius 3 is 2.66 bits per heavy atom. The van der Waals surface area contributed by atoms with Crippen molar-refractivity contribution in [3.63, 3.8) is 0 Å². The molecular weight excluding hydrogens is 415 g/mol. The van der Waals surface area contributed by atoms with E-state index in [-0.39, 0.29) is 28.6 Å². The Bertz CT molecular complexity index is 1380. The van der Waals surface area contributed by atoms with E-state index in [0.29, 0.717) is 30.4 Å². The molecule has 2 N–H and O–H groups in total. The van der Waals surface area contributed by atoms with Gasteiger partial charge in [0.2, 0.25) is 0 Å². The van der Waals surface area contributed by atoms with Crippen molar-refractivity contribution < 1.29 is 18.7 Å². The van der Waals surface area contributed by atoms with E-state index in [1.807, 2.05) is 6.07 Å². The molecule has 8 nitrogen and oxygen atoms in total. The first-order chi connectivity index (χ1) is 15.5. The molecule has 2 aromatic heterocycles. The number of halogens is 1. The number of rotatable bonds is 4.